The van der Waals surface area contributed by atoms with Crippen molar-refractivity contribution < 1.29 is 8.42 Å². The van der Waals surface area contributed by atoms with Crippen LogP contribution >= 0.6 is 0 Å². The fourth-order valence-electron chi connectivity index (χ4n) is 3.66. The van der Waals surface area contributed by atoms with Crippen LogP contribution in [0.25, 0.3) is 0 Å². The van der Waals surface area contributed by atoms with Crippen molar-refractivity contribution in [2.45, 2.75) is 37.4 Å². The van der Waals surface area contributed by atoms with Gasteiger partial charge in [0, 0.05) is 5.92 Å². The molecule has 3 aliphatic rings. The lowest BCUT2D eigenvalue weighted by Gasteiger charge is -2.40. The van der Waals surface area contributed by atoms with E-state index >= 15 is 0 Å². The molecule has 0 fully saturated rings. The lowest BCUT2D eigenvalue weighted by atomic mass is 9.81. The molecule has 0 N–H and O–H groups in total. The van der Waals surface area contributed by atoms with E-state index in [0.717, 1.165) is 17.7 Å². The van der Waals surface area contributed by atoms with Crippen molar-refractivity contribution in [2.24, 2.45) is 11.8 Å². The maximum atomic E-state index is 13.2. The fourth-order valence-corrected chi connectivity index (χ4v) is 9.06. The van der Waals surface area contributed by atoms with Gasteiger partial charge in [0.15, 0.2) is 0 Å². The van der Waals surface area contributed by atoms with Crippen LogP contribution in [-0.2, 0) is 9.84 Å². The summed E-state index contributed by atoms with van der Waals surface area (Å²) >= 11 is 0. The maximum Gasteiger partial charge on any atom is 0.202 e. The number of rotatable bonds is 3. The van der Waals surface area contributed by atoms with Crippen molar-refractivity contribution in [3.05, 3.63) is 52.6 Å². The van der Waals surface area contributed by atoms with Crippen LogP contribution in [0, 0.1) is 11.8 Å². The Labute approximate surface area is 128 Å². The van der Waals surface area contributed by atoms with Crippen LogP contribution in [0.2, 0.25) is 19.6 Å². The second kappa shape index (κ2) is 4.95. The normalized spacial score (nSPS) is 25.5. The summed E-state index contributed by atoms with van der Waals surface area (Å²) in [4.78, 5) is 1.17. The second-order valence-corrected chi connectivity index (χ2v) is 14.0. The molecular formula is C17H22O2SSi. The summed E-state index contributed by atoms with van der Waals surface area (Å²) < 4.78 is 26.3. The Hall–Kier alpha value is -1.13. The Bertz CT molecular complexity index is 709. The molecule has 4 heteroatoms. The third-order valence-electron chi connectivity index (χ3n) is 4.49. The molecule has 0 saturated heterocycles. The first-order valence-corrected chi connectivity index (χ1v) is 12.5. The molecule has 21 heavy (non-hydrogen) atoms. The molecule has 2 unspecified atom stereocenters. The topological polar surface area (TPSA) is 34.1 Å². The molecular weight excluding hydrogens is 296 g/mol. The van der Waals surface area contributed by atoms with Gasteiger partial charge in [-0.15, -0.1) is 0 Å². The number of allylic oxidation sites excluding steroid dienone is 4. The van der Waals surface area contributed by atoms with Gasteiger partial charge in [-0.25, -0.2) is 8.42 Å². The van der Waals surface area contributed by atoms with Gasteiger partial charge >= 0.3 is 0 Å². The number of sulfone groups is 1. The van der Waals surface area contributed by atoms with Gasteiger partial charge in [0.1, 0.15) is 0 Å². The van der Waals surface area contributed by atoms with Crippen LogP contribution < -0.4 is 0 Å². The van der Waals surface area contributed by atoms with Gasteiger partial charge < -0.3 is 0 Å². The highest BCUT2D eigenvalue weighted by Crippen LogP contribution is 2.47. The molecule has 0 heterocycles. The Balaban J connectivity index is 2.23. The smallest absolute Gasteiger partial charge is 0.202 e. The molecule has 1 aromatic carbocycles. The molecule has 0 amide bonds. The number of hydrogen-bond donors (Lipinski definition) is 0. The van der Waals surface area contributed by atoms with Crippen LogP contribution in [-0.4, -0.2) is 16.5 Å². The lowest BCUT2D eigenvalue weighted by molar-refractivity contribution is 0.501. The molecule has 0 saturated carbocycles. The van der Waals surface area contributed by atoms with Crippen molar-refractivity contribution >= 4 is 17.9 Å². The standard InChI is InChI=1S/C17H22O2SSi/c1-21(2,3)17-14-11-9-13(10-12-14)16(17)20(18,19)15-7-5-4-6-8-15/h4-9,11,13-14H,10,12H2,1-3H3. The van der Waals surface area contributed by atoms with E-state index in [9.17, 15) is 8.42 Å². The average Bonchev–Trinajstić information content (AvgIpc) is 2.47. The van der Waals surface area contributed by atoms with E-state index < -0.39 is 17.9 Å². The van der Waals surface area contributed by atoms with Gasteiger partial charge in [-0.3, -0.25) is 0 Å². The van der Waals surface area contributed by atoms with E-state index in [1.54, 1.807) is 24.3 Å². The quantitative estimate of drug-likeness (QED) is 0.618. The Kier molecular flexibility index (Phi) is 3.49. The predicted octanol–water partition coefficient (Wildman–Crippen LogP) is 4.19. The van der Waals surface area contributed by atoms with Crippen molar-refractivity contribution in [3.63, 3.8) is 0 Å². The molecule has 4 rings (SSSR count). The van der Waals surface area contributed by atoms with Crippen molar-refractivity contribution in [1.29, 1.82) is 0 Å². The Morgan fingerprint density at radius 3 is 2.05 bits per heavy atom. The number of benzene rings is 1. The van der Waals surface area contributed by atoms with Gasteiger partial charge in [-0.2, -0.15) is 0 Å². The summed E-state index contributed by atoms with van der Waals surface area (Å²) in [6.45, 7) is 6.78. The minimum Gasteiger partial charge on any atom is -0.219 e. The summed E-state index contributed by atoms with van der Waals surface area (Å²) in [6.07, 6.45) is 6.44. The van der Waals surface area contributed by atoms with E-state index in [-0.39, 0.29) is 5.92 Å². The number of fused-ring (bicyclic) bond motifs is 1. The van der Waals surface area contributed by atoms with Gasteiger partial charge in [-0.1, -0.05) is 55.2 Å². The minimum atomic E-state index is -3.36. The highest BCUT2D eigenvalue weighted by Gasteiger charge is 2.42. The van der Waals surface area contributed by atoms with E-state index in [2.05, 4.69) is 31.8 Å². The van der Waals surface area contributed by atoms with Gasteiger partial charge in [0.2, 0.25) is 9.84 Å². The number of hydrogen-bond acceptors (Lipinski definition) is 2. The third kappa shape index (κ3) is 2.44. The summed E-state index contributed by atoms with van der Waals surface area (Å²) in [5.74, 6) is 0.428. The Morgan fingerprint density at radius 1 is 0.952 bits per heavy atom. The highest BCUT2D eigenvalue weighted by atomic mass is 32.2. The fraction of sp³-hybridized carbons (Fsp3) is 0.412. The first-order chi connectivity index (χ1) is 9.82. The summed E-state index contributed by atoms with van der Waals surface area (Å²) in [5.41, 5.74) is 0. The maximum absolute atomic E-state index is 13.2. The van der Waals surface area contributed by atoms with Crippen molar-refractivity contribution in [3.8, 4) is 0 Å². The molecule has 0 aliphatic heterocycles. The summed E-state index contributed by atoms with van der Waals surface area (Å²) in [5, 5.41) is 1.25. The average molecular weight is 319 g/mol. The summed E-state index contributed by atoms with van der Waals surface area (Å²) in [7, 11) is -5.03. The van der Waals surface area contributed by atoms with Crippen molar-refractivity contribution in [1.82, 2.24) is 0 Å². The molecule has 112 valence electrons. The zero-order valence-corrected chi connectivity index (χ0v) is 14.7. The lowest BCUT2D eigenvalue weighted by Crippen LogP contribution is -2.38. The highest BCUT2D eigenvalue weighted by molar-refractivity contribution is 7.95. The molecule has 0 spiro atoms. The molecule has 2 atom stereocenters. The van der Waals surface area contributed by atoms with Gasteiger partial charge in [0.05, 0.1) is 17.9 Å². The zero-order chi connectivity index (χ0) is 15.3. The zero-order valence-electron chi connectivity index (χ0n) is 12.8. The molecule has 2 nitrogen and oxygen atoms in total. The molecule has 2 bridgehead atoms. The van der Waals surface area contributed by atoms with Crippen molar-refractivity contribution in [2.75, 3.05) is 0 Å². The summed E-state index contributed by atoms with van der Waals surface area (Å²) in [6, 6.07) is 8.91. The van der Waals surface area contributed by atoms with Gasteiger partial charge in [-0.05, 0) is 30.9 Å². The molecule has 3 aliphatic carbocycles. The second-order valence-electron chi connectivity index (χ2n) is 7.02. The molecule has 0 aromatic heterocycles. The van der Waals surface area contributed by atoms with Crippen LogP contribution in [0.3, 0.4) is 0 Å². The molecule has 1 aromatic rings. The van der Waals surface area contributed by atoms with E-state index in [4.69, 9.17) is 0 Å². The first kappa shape index (κ1) is 14.8. The third-order valence-corrected chi connectivity index (χ3v) is 8.92. The molecule has 0 radical (unpaired) electrons. The van der Waals surface area contributed by atoms with E-state index in [1.807, 2.05) is 6.07 Å². The van der Waals surface area contributed by atoms with Crippen LogP contribution in [0.4, 0.5) is 0 Å². The van der Waals surface area contributed by atoms with Crippen LogP contribution in [0.5, 0.6) is 0 Å². The first-order valence-electron chi connectivity index (χ1n) is 7.55. The van der Waals surface area contributed by atoms with Gasteiger partial charge in [0.25, 0.3) is 0 Å². The monoisotopic (exact) mass is 318 g/mol. The Morgan fingerprint density at radius 2 is 1.52 bits per heavy atom. The van der Waals surface area contributed by atoms with E-state index in [1.165, 1.54) is 5.20 Å². The minimum absolute atomic E-state index is 0.0851. The SMILES string of the molecule is C[Si](C)(C)C1=C(S(=O)(=O)c2ccccc2)C2C=CC1CC2. The van der Waals surface area contributed by atoms with Crippen LogP contribution in [0.15, 0.2) is 57.5 Å². The predicted molar refractivity (Wildman–Crippen MR) is 89.4 cm³/mol. The van der Waals surface area contributed by atoms with Crippen LogP contribution in [0.1, 0.15) is 12.8 Å². The van der Waals surface area contributed by atoms with E-state index in [0.29, 0.717) is 10.8 Å². The largest absolute Gasteiger partial charge is 0.219 e.